The summed E-state index contributed by atoms with van der Waals surface area (Å²) < 4.78 is 0. The number of rotatable bonds is 2. The van der Waals surface area contributed by atoms with E-state index >= 15 is 0 Å². The van der Waals surface area contributed by atoms with Crippen molar-refractivity contribution in [1.29, 1.82) is 0 Å². The molecule has 0 aromatic heterocycles. The monoisotopic (exact) mass is 530 g/mol. The predicted octanol–water partition coefficient (Wildman–Crippen LogP) is 11.9. The van der Waals surface area contributed by atoms with Crippen LogP contribution < -0.4 is 0 Å². The van der Waals surface area contributed by atoms with Gasteiger partial charge in [0.2, 0.25) is 0 Å². The molecule has 9 aromatic carbocycles. The van der Waals surface area contributed by atoms with Crippen LogP contribution in [0.4, 0.5) is 0 Å². The molecule has 9 rings (SSSR count). The minimum Gasteiger partial charge on any atom is -0.0616 e. The van der Waals surface area contributed by atoms with Crippen molar-refractivity contribution in [3.05, 3.63) is 158 Å². The molecule has 0 fully saturated rings. The smallest absolute Gasteiger partial charge is 0.00266 e. The summed E-state index contributed by atoms with van der Waals surface area (Å²) in [5.74, 6) is 0. The fourth-order valence-electron chi connectivity index (χ4n) is 7.07. The van der Waals surface area contributed by atoms with Crippen molar-refractivity contribution in [2.45, 2.75) is 0 Å². The highest BCUT2D eigenvalue weighted by molar-refractivity contribution is 6.21. The largest absolute Gasteiger partial charge is 0.0616 e. The van der Waals surface area contributed by atoms with E-state index in [-0.39, 0.29) is 0 Å². The average Bonchev–Trinajstić information content (AvgIpc) is 3.06. The van der Waals surface area contributed by atoms with Gasteiger partial charge in [-0.15, -0.1) is 0 Å². The van der Waals surface area contributed by atoms with Gasteiger partial charge in [-0.3, -0.25) is 0 Å². The molecule has 0 aliphatic heterocycles. The Labute approximate surface area is 244 Å². The van der Waals surface area contributed by atoms with Gasteiger partial charge in [0.1, 0.15) is 0 Å². The van der Waals surface area contributed by atoms with E-state index in [2.05, 4.69) is 158 Å². The number of fused-ring (bicyclic) bond motifs is 8. The average molecular weight is 531 g/mol. The van der Waals surface area contributed by atoms with Crippen molar-refractivity contribution in [2.24, 2.45) is 0 Å². The van der Waals surface area contributed by atoms with Gasteiger partial charge in [-0.05, 0) is 99.0 Å². The van der Waals surface area contributed by atoms with Crippen molar-refractivity contribution in [3.63, 3.8) is 0 Å². The summed E-state index contributed by atoms with van der Waals surface area (Å²) in [4.78, 5) is 0. The zero-order chi connectivity index (χ0) is 27.6. The van der Waals surface area contributed by atoms with E-state index in [1.165, 1.54) is 86.9 Å². The molecule has 0 unspecified atom stereocenters. The second-order valence-corrected chi connectivity index (χ2v) is 11.3. The molecule has 0 heteroatoms. The first kappa shape index (κ1) is 23.3. The second kappa shape index (κ2) is 9.03. The van der Waals surface area contributed by atoms with Gasteiger partial charge in [-0.2, -0.15) is 0 Å². The van der Waals surface area contributed by atoms with E-state index in [0.717, 1.165) is 0 Å². The maximum Gasteiger partial charge on any atom is -0.00266 e. The third-order valence-corrected chi connectivity index (χ3v) is 9.00. The van der Waals surface area contributed by atoms with Crippen molar-refractivity contribution in [1.82, 2.24) is 0 Å². The summed E-state index contributed by atoms with van der Waals surface area (Å²) in [6.07, 6.45) is 0. The number of benzene rings is 9. The summed E-state index contributed by atoms with van der Waals surface area (Å²) in [5, 5.41) is 15.5. The van der Waals surface area contributed by atoms with Crippen molar-refractivity contribution in [3.8, 4) is 22.3 Å². The normalized spacial score (nSPS) is 11.8. The number of hydrogen-bond acceptors (Lipinski definition) is 0. The lowest BCUT2D eigenvalue weighted by Crippen LogP contribution is -1.89. The Hall–Kier alpha value is -5.46. The van der Waals surface area contributed by atoms with Crippen molar-refractivity contribution in [2.75, 3.05) is 0 Å². The minimum atomic E-state index is 1.24. The first-order valence-electron chi connectivity index (χ1n) is 14.6. The molecular weight excluding hydrogens is 504 g/mol. The first-order chi connectivity index (χ1) is 20.8. The van der Waals surface area contributed by atoms with Crippen LogP contribution in [0.1, 0.15) is 0 Å². The van der Waals surface area contributed by atoms with Crippen molar-refractivity contribution < 1.29 is 0 Å². The SMILES string of the molecule is c1ccc2c(-c3ccc(-c4c5ccccc5cc5c4ccc4ccccc45)cc3)c3ccc4ccccc4c3cc2c1. The van der Waals surface area contributed by atoms with E-state index in [9.17, 15) is 0 Å². The van der Waals surface area contributed by atoms with Crippen molar-refractivity contribution >= 4 is 64.6 Å². The fraction of sp³-hybridized carbons (Fsp3) is 0. The topological polar surface area (TPSA) is 0 Å². The Kier molecular flexibility index (Phi) is 5.00. The first-order valence-corrected chi connectivity index (χ1v) is 14.6. The van der Waals surface area contributed by atoms with Crippen LogP contribution in [-0.4, -0.2) is 0 Å². The molecule has 0 saturated carbocycles. The van der Waals surface area contributed by atoms with E-state index in [4.69, 9.17) is 0 Å². The molecule has 0 spiro atoms. The lowest BCUT2D eigenvalue weighted by Gasteiger charge is -2.16. The molecule has 0 bridgehead atoms. The summed E-state index contributed by atoms with van der Waals surface area (Å²) in [6, 6.07) is 58.1. The molecule has 0 nitrogen and oxygen atoms in total. The third kappa shape index (κ3) is 3.42. The van der Waals surface area contributed by atoms with Crippen LogP contribution in [0.25, 0.3) is 86.9 Å². The maximum atomic E-state index is 2.36. The summed E-state index contributed by atoms with van der Waals surface area (Å²) in [6.45, 7) is 0. The van der Waals surface area contributed by atoms with Crippen LogP contribution >= 0.6 is 0 Å². The molecule has 0 aliphatic carbocycles. The van der Waals surface area contributed by atoms with Gasteiger partial charge in [0.05, 0.1) is 0 Å². The van der Waals surface area contributed by atoms with E-state index in [1.807, 2.05) is 0 Å². The van der Waals surface area contributed by atoms with Crippen LogP contribution in [0.15, 0.2) is 158 Å². The molecule has 0 radical (unpaired) electrons. The van der Waals surface area contributed by atoms with Crippen LogP contribution in [0.3, 0.4) is 0 Å². The fourth-order valence-corrected chi connectivity index (χ4v) is 7.07. The molecule has 0 aliphatic rings. The van der Waals surface area contributed by atoms with Crippen LogP contribution in [0.2, 0.25) is 0 Å². The Morgan fingerprint density at radius 2 is 0.571 bits per heavy atom. The highest BCUT2D eigenvalue weighted by Crippen LogP contribution is 2.42. The van der Waals surface area contributed by atoms with E-state index in [0.29, 0.717) is 0 Å². The van der Waals surface area contributed by atoms with Crippen LogP contribution in [0, 0.1) is 0 Å². The number of hydrogen-bond donors (Lipinski definition) is 0. The van der Waals surface area contributed by atoms with Gasteiger partial charge in [-0.25, -0.2) is 0 Å². The zero-order valence-electron chi connectivity index (χ0n) is 23.0. The van der Waals surface area contributed by atoms with Crippen LogP contribution in [-0.2, 0) is 0 Å². The van der Waals surface area contributed by atoms with E-state index < -0.39 is 0 Å². The molecule has 194 valence electrons. The van der Waals surface area contributed by atoms with Gasteiger partial charge in [0.25, 0.3) is 0 Å². The predicted molar refractivity (Wildman–Crippen MR) is 182 cm³/mol. The highest BCUT2D eigenvalue weighted by Gasteiger charge is 2.15. The second-order valence-electron chi connectivity index (χ2n) is 11.3. The quantitative estimate of drug-likeness (QED) is 0.154. The molecule has 0 saturated heterocycles. The molecule has 0 N–H and O–H groups in total. The molecule has 42 heavy (non-hydrogen) atoms. The molecule has 0 amide bonds. The summed E-state index contributed by atoms with van der Waals surface area (Å²) in [5.41, 5.74) is 5.08. The van der Waals surface area contributed by atoms with Gasteiger partial charge in [-0.1, -0.05) is 146 Å². The molecule has 0 heterocycles. The Bertz CT molecular complexity index is 2320. The van der Waals surface area contributed by atoms with Gasteiger partial charge in [0.15, 0.2) is 0 Å². The van der Waals surface area contributed by atoms with Gasteiger partial charge in [0, 0.05) is 0 Å². The third-order valence-electron chi connectivity index (χ3n) is 9.00. The van der Waals surface area contributed by atoms with Crippen LogP contribution in [0.5, 0.6) is 0 Å². The Morgan fingerprint density at radius 1 is 0.214 bits per heavy atom. The maximum absolute atomic E-state index is 2.36. The van der Waals surface area contributed by atoms with Gasteiger partial charge >= 0.3 is 0 Å². The Morgan fingerprint density at radius 3 is 1.00 bits per heavy atom. The van der Waals surface area contributed by atoms with E-state index in [1.54, 1.807) is 0 Å². The summed E-state index contributed by atoms with van der Waals surface area (Å²) >= 11 is 0. The Balaban J connectivity index is 1.31. The molecule has 9 aromatic rings. The standard InChI is InChI=1S/C42H26/c1-5-13-33-27(9-1)21-23-37-39(33)25-31-11-3-7-15-35(31)41(37)29-17-19-30(20-18-29)42-36-16-8-4-12-32(36)26-40-34-14-6-2-10-28(34)22-24-38(40)42/h1-26H. The summed E-state index contributed by atoms with van der Waals surface area (Å²) in [7, 11) is 0. The zero-order valence-corrected chi connectivity index (χ0v) is 23.0. The lowest BCUT2D eigenvalue weighted by molar-refractivity contribution is 1.66. The highest BCUT2D eigenvalue weighted by atomic mass is 14.2. The molecular formula is C42H26. The minimum absolute atomic E-state index is 1.24. The molecule has 0 atom stereocenters. The lowest BCUT2D eigenvalue weighted by atomic mass is 9.87. The van der Waals surface area contributed by atoms with Gasteiger partial charge < -0.3 is 0 Å².